The van der Waals surface area contributed by atoms with E-state index < -0.39 is 0 Å². The molecule has 1 aliphatic rings. The van der Waals surface area contributed by atoms with Crippen molar-refractivity contribution in [2.24, 2.45) is 0 Å². The Labute approximate surface area is 147 Å². The van der Waals surface area contributed by atoms with Crippen LogP contribution < -0.4 is 5.32 Å². The van der Waals surface area contributed by atoms with Crippen LogP contribution in [0.2, 0.25) is 0 Å². The highest BCUT2D eigenvalue weighted by atomic mass is 16.5. The molecule has 2 aromatic rings. The van der Waals surface area contributed by atoms with Crippen LogP contribution in [0, 0.1) is 0 Å². The minimum Gasteiger partial charge on any atom is -0.354 e. The zero-order chi connectivity index (χ0) is 17.6. The summed E-state index contributed by atoms with van der Waals surface area (Å²) in [5.74, 6) is 2.17. The van der Waals surface area contributed by atoms with E-state index in [2.05, 4.69) is 25.4 Å². The molecule has 25 heavy (non-hydrogen) atoms. The Balaban J connectivity index is 1.50. The van der Waals surface area contributed by atoms with Crippen molar-refractivity contribution >= 4 is 11.9 Å². The molecular weight excluding hydrogens is 320 g/mol. The Kier molecular flexibility index (Phi) is 5.57. The molecule has 0 spiro atoms. The van der Waals surface area contributed by atoms with Crippen LogP contribution in [0.25, 0.3) is 0 Å². The maximum atomic E-state index is 12.6. The molecule has 1 fully saturated rings. The average molecular weight is 344 g/mol. The Bertz CT molecular complexity index is 687. The second-order valence-corrected chi connectivity index (χ2v) is 6.49. The maximum Gasteiger partial charge on any atom is 0.229 e. The van der Waals surface area contributed by atoms with Crippen LogP contribution >= 0.6 is 0 Å². The zero-order valence-corrected chi connectivity index (χ0v) is 14.7. The van der Waals surface area contributed by atoms with Gasteiger partial charge in [0.15, 0.2) is 5.82 Å². The van der Waals surface area contributed by atoms with Gasteiger partial charge in [-0.25, -0.2) is 9.97 Å². The third kappa shape index (κ3) is 4.32. The number of carbonyl (C=O) groups is 1. The number of carbonyl (C=O) groups excluding carboxylic acids is 1. The zero-order valence-electron chi connectivity index (χ0n) is 14.7. The second-order valence-electron chi connectivity index (χ2n) is 6.49. The Morgan fingerprint density at radius 2 is 2.20 bits per heavy atom. The van der Waals surface area contributed by atoms with E-state index in [1.807, 2.05) is 18.7 Å². The van der Waals surface area contributed by atoms with Crippen LogP contribution in [0.1, 0.15) is 63.2 Å². The van der Waals surface area contributed by atoms with Gasteiger partial charge in [0.2, 0.25) is 17.7 Å². The number of likely N-dealkylation sites (tertiary alicyclic amines) is 1. The highest BCUT2D eigenvalue weighted by molar-refractivity contribution is 5.76. The Morgan fingerprint density at radius 3 is 2.92 bits per heavy atom. The molecule has 134 valence electrons. The van der Waals surface area contributed by atoms with Crippen LogP contribution in [0.15, 0.2) is 23.0 Å². The van der Waals surface area contributed by atoms with Gasteiger partial charge >= 0.3 is 0 Å². The monoisotopic (exact) mass is 344 g/mol. The van der Waals surface area contributed by atoms with Gasteiger partial charge in [-0.3, -0.25) is 4.79 Å². The molecule has 0 aliphatic carbocycles. The molecule has 1 saturated heterocycles. The van der Waals surface area contributed by atoms with Gasteiger partial charge in [-0.2, -0.15) is 4.98 Å². The summed E-state index contributed by atoms with van der Waals surface area (Å²) in [6, 6.07) is 1.71. The van der Waals surface area contributed by atoms with Gasteiger partial charge in [-0.1, -0.05) is 19.0 Å². The standard InChI is InChI=1S/C17H24N6O2/c1-12(2)16-21-15(22-25-16)13-6-4-11-23(13)14(24)7-3-8-18-17-19-9-5-10-20-17/h5,9-10,12-13H,3-4,6-8,11H2,1-2H3,(H,18,19,20)/t13-/m1/s1. The number of rotatable bonds is 7. The smallest absolute Gasteiger partial charge is 0.229 e. The summed E-state index contributed by atoms with van der Waals surface area (Å²) in [6.45, 7) is 5.44. The summed E-state index contributed by atoms with van der Waals surface area (Å²) in [4.78, 5) is 27.1. The summed E-state index contributed by atoms with van der Waals surface area (Å²) >= 11 is 0. The second kappa shape index (κ2) is 8.04. The SMILES string of the molecule is CC(C)c1nc([C@H]2CCCN2C(=O)CCCNc2ncccn2)no1. The van der Waals surface area contributed by atoms with Crippen molar-refractivity contribution in [3.05, 3.63) is 30.2 Å². The van der Waals surface area contributed by atoms with E-state index in [0.717, 1.165) is 25.8 Å². The van der Waals surface area contributed by atoms with Crippen LogP contribution in [-0.4, -0.2) is 44.0 Å². The van der Waals surface area contributed by atoms with E-state index >= 15 is 0 Å². The van der Waals surface area contributed by atoms with Crippen LogP contribution in [0.5, 0.6) is 0 Å². The maximum absolute atomic E-state index is 12.6. The van der Waals surface area contributed by atoms with Crippen molar-refractivity contribution in [2.45, 2.75) is 51.5 Å². The van der Waals surface area contributed by atoms with Crippen molar-refractivity contribution in [1.82, 2.24) is 25.0 Å². The van der Waals surface area contributed by atoms with Gasteiger partial charge in [-0.05, 0) is 25.3 Å². The summed E-state index contributed by atoms with van der Waals surface area (Å²) in [5, 5.41) is 7.20. The summed E-state index contributed by atoms with van der Waals surface area (Å²) in [7, 11) is 0. The van der Waals surface area contributed by atoms with E-state index in [1.54, 1.807) is 18.5 Å². The summed E-state index contributed by atoms with van der Waals surface area (Å²) < 4.78 is 5.29. The third-order valence-electron chi connectivity index (χ3n) is 4.24. The fourth-order valence-electron chi connectivity index (χ4n) is 2.92. The number of nitrogens with zero attached hydrogens (tertiary/aromatic N) is 5. The molecular formula is C17H24N6O2. The van der Waals surface area contributed by atoms with E-state index in [4.69, 9.17) is 4.52 Å². The van der Waals surface area contributed by atoms with E-state index in [-0.39, 0.29) is 17.9 Å². The summed E-state index contributed by atoms with van der Waals surface area (Å²) in [5.41, 5.74) is 0. The van der Waals surface area contributed by atoms with Gasteiger partial charge in [0, 0.05) is 37.8 Å². The fraction of sp³-hybridized carbons (Fsp3) is 0.588. The van der Waals surface area contributed by atoms with Gasteiger partial charge in [-0.15, -0.1) is 0 Å². The summed E-state index contributed by atoms with van der Waals surface area (Å²) in [6.07, 6.45) is 6.43. The lowest BCUT2D eigenvalue weighted by Gasteiger charge is -2.22. The fourth-order valence-corrected chi connectivity index (χ4v) is 2.92. The first kappa shape index (κ1) is 17.3. The molecule has 1 amide bonds. The molecule has 3 rings (SSSR count). The van der Waals surface area contributed by atoms with Gasteiger partial charge in [0.1, 0.15) is 0 Å². The predicted octanol–water partition coefficient (Wildman–Crippen LogP) is 2.54. The third-order valence-corrected chi connectivity index (χ3v) is 4.24. The lowest BCUT2D eigenvalue weighted by Crippen LogP contribution is -2.31. The first-order valence-corrected chi connectivity index (χ1v) is 8.79. The van der Waals surface area contributed by atoms with E-state index in [1.165, 1.54) is 0 Å². The van der Waals surface area contributed by atoms with Gasteiger partial charge in [0.25, 0.3) is 0 Å². The van der Waals surface area contributed by atoms with Crippen LogP contribution in [0.4, 0.5) is 5.95 Å². The number of nitrogens with one attached hydrogen (secondary N) is 1. The number of hydrogen-bond donors (Lipinski definition) is 1. The Hall–Kier alpha value is -2.51. The van der Waals surface area contributed by atoms with Crippen LogP contribution in [-0.2, 0) is 4.79 Å². The van der Waals surface area contributed by atoms with E-state index in [0.29, 0.717) is 30.6 Å². The molecule has 1 N–H and O–H groups in total. The van der Waals surface area contributed by atoms with Crippen molar-refractivity contribution in [1.29, 1.82) is 0 Å². The molecule has 0 unspecified atom stereocenters. The molecule has 0 radical (unpaired) electrons. The molecule has 0 saturated carbocycles. The Morgan fingerprint density at radius 1 is 1.40 bits per heavy atom. The molecule has 0 bridgehead atoms. The van der Waals surface area contributed by atoms with Gasteiger partial charge in [0.05, 0.1) is 6.04 Å². The molecule has 1 atom stereocenters. The quantitative estimate of drug-likeness (QED) is 0.771. The molecule has 8 nitrogen and oxygen atoms in total. The topological polar surface area (TPSA) is 97.0 Å². The number of hydrogen-bond acceptors (Lipinski definition) is 7. The predicted molar refractivity (Wildman–Crippen MR) is 91.8 cm³/mol. The molecule has 1 aliphatic heterocycles. The average Bonchev–Trinajstić information content (AvgIpc) is 3.28. The molecule has 3 heterocycles. The molecule has 0 aromatic carbocycles. The minimum atomic E-state index is -0.0610. The normalized spacial score (nSPS) is 17.2. The highest BCUT2D eigenvalue weighted by Crippen LogP contribution is 2.31. The number of aromatic nitrogens is 4. The van der Waals surface area contributed by atoms with Crippen molar-refractivity contribution in [3.63, 3.8) is 0 Å². The van der Waals surface area contributed by atoms with Gasteiger partial charge < -0.3 is 14.7 Å². The molecule has 2 aromatic heterocycles. The van der Waals surface area contributed by atoms with Crippen LogP contribution in [0.3, 0.4) is 0 Å². The van der Waals surface area contributed by atoms with Crippen molar-refractivity contribution in [2.75, 3.05) is 18.4 Å². The first-order valence-electron chi connectivity index (χ1n) is 8.79. The number of anilines is 1. The first-order chi connectivity index (χ1) is 12.1. The number of amides is 1. The van der Waals surface area contributed by atoms with E-state index in [9.17, 15) is 4.79 Å². The minimum absolute atomic E-state index is 0.0610. The van der Waals surface area contributed by atoms with Crippen molar-refractivity contribution < 1.29 is 9.32 Å². The van der Waals surface area contributed by atoms with Crippen molar-refractivity contribution in [3.8, 4) is 0 Å². The lowest BCUT2D eigenvalue weighted by atomic mass is 10.2. The highest BCUT2D eigenvalue weighted by Gasteiger charge is 2.33. The largest absolute Gasteiger partial charge is 0.354 e. The lowest BCUT2D eigenvalue weighted by molar-refractivity contribution is -0.132. The molecule has 8 heteroatoms.